The van der Waals surface area contributed by atoms with Crippen molar-refractivity contribution in [1.82, 2.24) is 19.5 Å². The van der Waals surface area contributed by atoms with Crippen molar-refractivity contribution in [3.8, 4) is 0 Å². The van der Waals surface area contributed by atoms with Crippen LogP contribution in [0.15, 0.2) is 12.7 Å². The topological polar surface area (TPSA) is 135 Å². The molecule has 2 aromatic heterocycles. The summed E-state index contributed by atoms with van der Waals surface area (Å²) >= 11 is 0. The van der Waals surface area contributed by atoms with Crippen LogP contribution in [0.2, 0.25) is 6.82 Å². The first-order valence-corrected chi connectivity index (χ1v) is 9.31. The molecule has 12 heteroatoms. The fourth-order valence-electron chi connectivity index (χ4n) is 2.39. The summed E-state index contributed by atoms with van der Waals surface area (Å²) in [5.41, 5.74) is 6.63. The van der Waals surface area contributed by atoms with Gasteiger partial charge in [-0.15, -0.1) is 0 Å². The van der Waals surface area contributed by atoms with Gasteiger partial charge in [0.15, 0.2) is 17.7 Å². The molecule has 4 atom stereocenters. The van der Waals surface area contributed by atoms with Crippen LogP contribution >= 0.6 is 7.47 Å². The number of rotatable bonds is 2. The summed E-state index contributed by atoms with van der Waals surface area (Å²) in [6.45, 7) is 3.56. The van der Waals surface area contributed by atoms with E-state index in [1.807, 2.05) is 0 Å². The van der Waals surface area contributed by atoms with Gasteiger partial charge in [-0.25, -0.2) is 15.0 Å². The van der Waals surface area contributed by atoms with Crippen molar-refractivity contribution in [3.63, 3.8) is 0 Å². The lowest BCUT2D eigenvalue weighted by atomic mass is 10.2. The van der Waals surface area contributed by atoms with Gasteiger partial charge in [-0.05, 0) is 6.92 Å². The van der Waals surface area contributed by atoms with Gasteiger partial charge in [-0.3, -0.25) is 9.13 Å². The van der Waals surface area contributed by atoms with Crippen molar-refractivity contribution in [3.05, 3.63) is 12.7 Å². The monoisotopic (exact) mass is 355 g/mol. The molecule has 2 aromatic rings. The van der Waals surface area contributed by atoms with Gasteiger partial charge in [-0.1, -0.05) is 6.82 Å². The third kappa shape index (κ3) is 3.31. The van der Waals surface area contributed by atoms with Crippen molar-refractivity contribution in [2.75, 3.05) is 18.9 Å². The van der Waals surface area contributed by atoms with Crippen LogP contribution in [0, 0.1) is 0 Å². The number of hydrogen-bond donors (Lipinski definition) is 2. The summed E-state index contributed by atoms with van der Waals surface area (Å²) in [6, 6.07) is 0. The van der Waals surface area contributed by atoms with Gasteiger partial charge in [0.2, 0.25) is 0 Å². The first-order valence-electron chi connectivity index (χ1n) is 7.58. The SMILES string of the molecule is CBP1(=O)OC[C@H](C)O[C@@H](n2cnc3c(N)ncnc32)[C@@H](O)CO1. The van der Waals surface area contributed by atoms with Gasteiger partial charge < -0.3 is 24.6 Å². The Morgan fingerprint density at radius 2 is 2.12 bits per heavy atom. The Balaban J connectivity index is 1.95. The number of fused-ring (bicyclic) bond motifs is 1. The molecule has 10 nitrogen and oxygen atoms in total. The first-order chi connectivity index (χ1) is 11.4. The number of aliphatic hydroxyl groups is 1. The number of nitrogens with zero attached hydrogens (tertiary/aromatic N) is 4. The zero-order valence-corrected chi connectivity index (χ0v) is 14.3. The normalized spacial score (nSPS) is 32.0. The second-order valence-electron chi connectivity index (χ2n) is 5.51. The van der Waals surface area contributed by atoms with Crippen molar-refractivity contribution < 1.29 is 23.5 Å². The van der Waals surface area contributed by atoms with E-state index < -0.39 is 25.9 Å². The maximum absolute atomic E-state index is 12.4. The summed E-state index contributed by atoms with van der Waals surface area (Å²) in [5.74, 6) is 0.236. The minimum atomic E-state index is -3.24. The highest BCUT2D eigenvalue weighted by molar-refractivity contribution is 7.83. The van der Waals surface area contributed by atoms with Gasteiger partial charge in [0.25, 0.3) is 14.5 Å². The molecule has 3 heterocycles. The highest BCUT2D eigenvalue weighted by atomic mass is 31.2. The molecule has 0 aromatic carbocycles. The smallest absolute Gasteiger partial charge is 0.274 e. The number of hydrogen-bond acceptors (Lipinski definition) is 9. The lowest BCUT2D eigenvalue weighted by Crippen LogP contribution is -2.32. The van der Waals surface area contributed by atoms with Crippen molar-refractivity contribution in [1.29, 1.82) is 0 Å². The standard InChI is InChI=1S/C12H19BN5O5P/c1-7-3-21-24(20,13-2)22-4-8(19)12(23-7)18-6-17-9-10(14)15-5-16-11(9)18/h5-8,12-13,19H,3-4H2,1-2H3,(H2,14,15,16)/t7-,8-,12+,24?/m0/s1. The zero-order chi connectivity index (χ0) is 17.3. The molecule has 1 aliphatic heterocycles. The van der Waals surface area contributed by atoms with Gasteiger partial charge >= 0.3 is 0 Å². The van der Waals surface area contributed by atoms with E-state index in [4.69, 9.17) is 19.5 Å². The van der Waals surface area contributed by atoms with E-state index in [0.717, 1.165) is 0 Å². The number of anilines is 1. The second-order valence-corrected chi connectivity index (χ2v) is 7.88. The molecule has 1 saturated heterocycles. The van der Waals surface area contributed by atoms with Crippen LogP contribution in [0.5, 0.6) is 0 Å². The predicted molar refractivity (Wildman–Crippen MR) is 87.8 cm³/mol. The highest BCUT2D eigenvalue weighted by Gasteiger charge is 2.33. The zero-order valence-electron chi connectivity index (χ0n) is 13.4. The Bertz CT molecular complexity index is 773. The molecule has 0 spiro atoms. The number of nitrogens with two attached hydrogens (primary N) is 1. The predicted octanol–water partition coefficient (Wildman–Crippen LogP) is 0.313. The van der Waals surface area contributed by atoms with Gasteiger partial charge in [0, 0.05) is 0 Å². The molecule has 1 unspecified atom stereocenters. The highest BCUT2D eigenvalue weighted by Crippen LogP contribution is 2.47. The number of imidazole rings is 1. The summed E-state index contributed by atoms with van der Waals surface area (Å²) in [7, 11) is -3.24. The maximum atomic E-state index is 12.4. The summed E-state index contributed by atoms with van der Waals surface area (Å²) in [4.78, 5) is 12.2. The molecule has 0 amide bonds. The Hall–Kier alpha value is -1.52. The Morgan fingerprint density at radius 1 is 1.38 bits per heavy atom. The van der Waals surface area contributed by atoms with Crippen molar-refractivity contribution >= 4 is 31.5 Å². The van der Waals surface area contributed by atoms with Crippen LogP contribution in [-0.4, -0.2) is 57.0 Å². The number of aliphatic hydroxyl groups excluding tert-OH is 1. The third-order valence-electron chi connectivity index (χ3n) is 3.70. The lowest BCUT2D eigenvalue weighted by Gasteiger charge is -2.25. The Morgan fingerprint density at radius 3 is 2.88 bits per heavy atom. The van der Waals surface area contributed by atoms with Gasteiger partial charge in [0.05, 0.1) is 25.6 Å². The molecule has 0 saturated carbocycles. The van der Waals surface area contributed by atoms with Crippen LogP contribution < -0.4 is 5.73 Å². The van der Waals surface area contributed by atoms with Crippen molar-refractivity contribution in [2.24, 2.45) is 0 Å². The molecule has 24 heavy (non-hydrogen) atoms. The molecule has 0 bridgehead atoms. The van der Waals surface area contributed by atoms with Crippen LogP contribution in [0.25, 0.3) is 11.2 Å². The Labute approximate surface area is 139 Å². The van der Waals surface area contributed by atoms with E-state index in [-0.39, 0.29) is 26.0 Å². The molecule has 0 aliphatic carbocycles. The van der Waals surface area contributed by atoms with Crippen molar-refractivity contribution in [2.45, 2.75) is 32.2 Å². The molecular formula is C12H19BN5O5P. The summed E-state index contributed by atoms with van der Waals surface area (Å²) in [6.07, 6.45) is 0.414. The average molecular weight is 355 g/mol. The van der Waals surface area contributed by atoms with Gasteiger partial charge in [0.1, 0.15) is 17.9 Å². The largest absolute Gasteiger partial charge is 0.386 e. The fourth-order valence-corrected chi connectivity index (χ4v) is 3.64. The van der Waals surface area contributed by atoms with E-state index in [2.05, 4.69) is 15.0 Å². The molecule has 1 fully saturated rings. The third-order valence-corrected chi connectivity index (χ3v) is 5.56. The van der Waals surface area contributed by atoms with E-state index in [1.165, 1.54) is 12.7 Å². The lowest BCUT2D eigenvalue weighted by molar-refractivity contribution is -0.120. The van der Waals surface area contributed by atoms with E-state index in [9.17, 15) is 9.67 Å². The van der Waals surface area contributed by atoms with Crippen LogP contribution in [0.1, 0.15) is 13.2 Å². The van der Waals surface area contributed by atoms with E-state index in [0.29, 0.717) is 11.2 Å². The van der Waals surface area contributed by atoms with E-state index >= 15 is 0 Å². The molecule has 0 radical (unpaired) electrons. The number of ether oxygens (including phenoxy) is 1. The van der Waals surface area contributed by atoms with Crippen LogP contribution in [0.3, 0.4) is 0 Å². The number of aromatic nitrogens is 4. The van der Waals surface area contributed by atoms with Gasteiger partial charge in [-0.2, -0.15) is 0 Å². The minimum absolute atomic E-state index is 0.0814. The molecule has 130 valence electrons. The molecule has 3 N–H and O–H groups in total. The molecular weight excluding hydrogens is 336 g/mol. The molecule has 3 rings (SSSR count). The summed E-state index contributed by atoms with van der Waals surface area (Å²) < 4.78 is 30.5. The van der Waals surface area contributed by atoms with Crippen LogP contribution in [-0.2, 0) is 18.3 Å². The first kappa shape index (κ1) is 17.3. The van der Waals surface area contributed by atoms with E-state index in [1.54, 1.807) is 18.3 Å². The quantitative estimate of drug-likeness (QED) is 0.576. The van der Waals surface area contributed by atoms with Crippen LogP contribution in [0.4, 0.5) is 5.82 Å². The maximum Gasteiger partial charge on any atom is 0.274 e. The molecule has 1 aliphatic rings. The minimum Gasteiger partial charge on any atom is -0.386 e. The average Bonchev–Trinajstić information content (AvgIpc) is 3.01. The summed E-state index contributed by atoms with van der Waals surface area (Å²) in [5, 5.41) is 10.5. The second kappa shape index (κ2) is 6.77. The fraction of sp³-hybridized carbons (Fsp3) is 0.583. The number of nitrogen functional groups attached to an aromatic ring is 1. The Kier molecular flexibility index (Phi) is 4.89.